The Morgan fingerprint density at radius 1 is 1.29 bits per heavy atom. The maximum Gasteiger partial charge on any atom is 0.326 e. The van der Waals surface area contributed by atoms with E-state index in [0.717, 1.165) is 25.7 Å². The third kappa shape index (κ3) is 8.16. The summed E-state index contributed by atoms with van der Waals surface area (Å²) in [5.74, 6) is -0.527. The highest BCUT2D eigenvalue weighted by atomic mass is 16.6. The van der Waals surface area contributed by atoms with Crippen molar-refractivity contribution in [2.24, 2.45) is 5.73 Å². The molecule has 0 aliphatic heterocycles. The van der Waals surface area contributed by atoms with Crippen molar-refractivity contribution in [1.29, 1.82) is 0 Å². The molecule has 0 unspecified atom stereocenters. The van der Waals surface area contributed by atoms with E-state index < -0.39 is 23.7 Å². The number of nitrogens with two attached hydrogens (primary N) is 1. The van der Waals surface area contributed by atoms with Crippen LogP contribution in [0, 0.1) is 0 Å². The molecular formula is C13H27NO3. The quantitative estimate of drug-likeness (QED) is 0.531. The number of esters is 1. The molecule has 0 radical (unpaired) electrons. The van der Waals surface area contributed by atoms with Crippen LogP contribution in [-0.2, 0) is 9.53 Å². The summed E-state index contributed by atoms with van der Waals surface area (Å²) < 4.78 is 5.12. The Labute approximate surface area is 105 Å². The molecule has 0 bridgehead atoms. The van der Waals surface area contributed by atoms with Crippen molar-refractivity contribution in [3.8, 4) is 0 Å². The van der Waals surface area contributed by atoms with Gasteiger partial charge in [-0.3, -0.25) is 4.79 Å². The summed E-state index contributed by atoms with van der Waals surface area (Å²) in [6.45, 7) is 7.48. The molecule has 0 spiro atoms. The van der Waals surface area contributed by atoms with Crippen molar-refractivity contribution in [1.82, 2.24) is 0 Å². The van der Waals surface area contributed by atoms with Gasteiger partial charge in [0.15, 0.2) is 0 Å². The summed E-state index contributed by atoms with van der Waals surface area (Å²) in [7, 11) is 0. The molecule has 0 aromatic heterocycles. The molecule has 102 valence electrons. The average Bonchev–Trinajstić information content (AvgIpc) is 2.20. The summed E-state index contributed by atoms with van der Waals surface area (Å²) in [5.41, 5.74) is 5.10. The first-order valence-corrected chi connectivity index (χ1v) is 6.44. The molecule has 0 aliphatic rings. The van der Waals surface area contributed by atoms with Crippen LogP contribution in [0.4, 0.5) is 0 Å². The monoisotopic (exact) mass is 245 g/mol. The zero-order valence-electron chi connectivity index (χ0n) is 11.5. The molecule has 3 N–H and O–H groups in total. The van der Waals surface area contributed by atoms with Crippen molar-refractivity contribution in [3.63, 3.8) is 0 Å². The molecule has 0 aliphatic carbocycles. The molecule has 4 heteroatoms. The average molecular weight is 245 g/mol. The van der Waals surface area contributed by atoms with Crippen LogP contribution in [0.25, 0.3) is 0 Å². The highest BCUT2D eigenvalue weighted by Crippen LogP contribution is 2.12. The minimum Gasteiger partial charge on any atom is -0.459 e. The van der Waals surface area contributed by atoms with Crippen molar-refractivity contribution in [2.45, 2.75) is 77.5 Å². The van der Waals surface area contributed by atoms with Gasteiger partial charge in [-0.25, -0.2) is 0 Å². The lowest BCUT2D eigenvalue weighted by atomic mass is 10.0. The van der Waals surface area contributed by atoms with Crippen LogP contribution in [0.3, 0.4) is 0 Å². The Hall–Kier alpha value is -0.610. The number of carbonyl (C=O) groups excluding carboxylic acids is 1. The zero-order chi connectivity index (χ0) is 13.5. The summed E-state index contributed by atoms with van der Waals surface area (Å²) in [6, 6.07) is -0.934. The van der Waals surface area contributed by atoms with Crippen LogP contribution in [0.5, 0.6) is 0 Å². The molecule has 0 rings (SSSR count). The molecule has 17 heavy (non-hydrogen) atoms. The second-order valence-electron chi connectivity index (χ2n) is 5.48. The first-order chi connectivity index (χ1) is 7.78. The molecule has 0 saturated heterocycles. The number of ether oxygens (including phenoxy) is 1. The van der Waals surface area contributed by atoms with E-state index in [9.17, 15) is 9.90 Å². The summed E-state index contributed by atoms with van der Waals surface area (Å²) in [6.07, 6.45) is 4.00. The lowest BCUT2D eigenvalue weighted by Gasteiger charge is -2.24. The lowest BCUT2D eigenvalue weighted by molar-refractivity contribution is -0.159. The Morgan fingerprint density at radius 2 is 1.88 bits per heavy atom. The van der Waals surface area contributed by atoms with Crippen molar-refractivity contribution >= 4 is 5.97 Å². The number of unbranched alkanes of at least 4 members (excludes halogenated alkanes) is 3. The van der Waals surface area contributed by atoms with E-state index in [-0.39, 0.29) is 0 Å². The van der Waals surface area contributed by atoms with Crippen LogP contribution in [0.15, 0.2) is 0 Å². The van der Waals surface area contributed by atoms with Gasteiger partial charge in [0.05, 0.1) is 6.10 Å². The van der Waals surface area contributed by atoms with Crippen LogP contribution in [0.2, 0.25) is 0 Å². The number of aliphatic hydroxyl groups excluding tert-OH is 1. The molecule has 2 atom stereocenters. The lowest BCUT2D eigenvalue weighted by Crippen LogP contribution is -2.45. The predicted molar refractivity (Wildman–Crippen MR) is 68.6 cm³/mol. The van der Waals surface area contributed by atoms with Crippen LogP contribution in [0.1, 0.15) is 59.8 Å². The van der Waals surface area contributed by atoms with Crippen LogP contribution < -0.4 is 5.73 Å². The Bertz CT molecular complexity index is 223. The maximum atomic E-state index is 11.6. The summed E-state index contributed by atoms with van der Waals surface area (Å²) >= 11 is 0. The van der Waals surface area contributed by atoms with E-state index in [1.807, 2.05) is 0 Å². The van der Waals surface area contributed by atoms with E-state index in [1.54, 1.807) is 20.8 Å². The minimum absolute atomic E-state index is 0.527. The number of carbonyl (C=O) groups is 1. The highest BCUT2D eigenvalue weighted by Gasteiger charge is 2.27. The Kier molecular flexibility index (Phi) is 7.39. The van der Waals surface area contributed by atoms with E-state index in [1.165, 1.54) is 0 Å². The first kappa shape index (κ1) is 16.4. The molecule has 4 nitrogen and oxygen atoms in total. The van der Waals surface area contributed by atoms with Gasteiger partial charge in [0.1, 0.15) is 11.6 Å². The minimum atomic E-state index is -0.934. The first-order valence-electron chi connectivity index (χ1n) is 6.44. The second kappa shape index (κ2) is 7.67. The second-order valence-corrected chi connectivity index (χ2v) is 5.48. The summed E-state index contributed by atoms with van der Waals surface area (Å²) in [5, 5.41) is 9.76. The van der Waals surface area contributed by atoms with E-state index >= 15 is 0 Å². The smallest absolute Gasteiger partial charge is 0.326 e. The zero-order valence-corrected chi connectivity index (χ0v) is 11.5. The number of hydrogen-bond donors (Lipinski definition) is 2. The fraction of sp³-hybridized carbons (Fsp3) is 0.923. The van der Waals surface area contributed by atoms with E-state index in [4.69, 9.17) is 10.5 Å². The largest absolute Gasteiger partial charge is 0.459 e. The normalized spacial score (nSPS) is 15.4. The topological polar surface area (TPSA) is 72.5 Å². The molecule has 0 aromatic carbocycles. The van der Waals surface area contributed by atoms with Gasteiger partial charge in [-0.05, 0) is 27.2 Å². The standard InChI is InChI=1S/C13H27NO3/c1-5-6-7-8-9-10(15)11(14)12(16)17-13(2,3)4/h10-11,15H,5-9,14H2,1-4H3/t10-,11-/m1/s1. The van der Waals surface area contributed by atoms with E-state index in [2.05, 4.69) is 6.92 Å². The third-order valence-corrected chi connectivity index (χ3v) is 2.45. The van der Waals surface area contributed by atoms with E-state index in [0.29, 0.717) is 6.42 Å². The van der Waals surface area contributed by atoms with Gasteiger partial charge in [0.25, 0.3) is 0 Å². The molecule has 0 fully saturated rings. The van der Waals surface area contributed by atoms with Gasteiger partial charge in [-0.2, -0.15) is 0 Å². The van der Waals surface area contributed by atoms with Crippen LogP contribution >= 0.6 is 0 Å². The van der Waals surface area contributed by atoms with Crippen molar-refractivity contribution in [2.75, 3.05) is 0 Å². The maximum absolute atomic E-state index is 11.6. The van der Waals surface area contributed by atoms with Gasteiger partial charge >= 0.3 is 5.97 Å². The van der Waals surface area contributed by atoms with Crippen molar-refractivity contribution in [3.05, 3.63) is 0 Å². The van der Waals surface area contributed by atoms with Gasteiger partial charge in [0, 0.05) is 0 Å². The van der Waals surface area contributed by atoms with Crippen molar-refractivity contribution < 1.29 is 14.6 Å². The fourth-order valence-electron chi connectivity index (χ4n) is 1.49. The predicted octanol–water partition coefficient (Wildman–Crippen LogP) is 1.99. The molecule has 0 saturated carbocycles. The molecule has 0 amide bonds. The molecule has 0 heterocycles. The Balaban J connectivity index is 3.95. The van der Waals surface area contributed by atoms with Gasteiger partial charge in [-0.1, -0.05) is 32.6 Å². The van der Waals surface area contributed by atoms with Gasteiger partial charge < -0.3 is 15.6 Å². The van der Waals surface area contributed by atoms with Gasteiger partial charge in [-0.15, -0.1) is 0 Å². The summed E-state index contributed by atoms with van der Waals surface area (Å²) in [4.78, 5) is 11.6. The van der Waals surface area contributed by atoms with Gasteiger partial charge in [0.2, 0.25) is 0 Å². The Morgan fingerprint density at radius 3 is 2.35 bits per heavy atom. The number of rotatable bonds is 7. The fourth-order valence-corrected chi connectivity index (χ4v) is 1.49. The van der Waals surface area contributed by atoms with Crippen LogP contribution in [-0.4, -0.2) is 28.8 Å². The molecular weight excluding hydrogens is 218 g/mol. The molecule has 0 aromatic rings. The highest BCUT2D eigenvalue weighted by molar-refractivity contribution is 5.76. The third-order valence-electron chi connectivity index (χ3n) is 2.45. The SMILES string of the molecule is CCCCCC[C@@H](O)[C@@H](N)C(=O)OC(C)(C)C. The number of aliphatic hydroxyl groups is 1. The number of hydrogen-bond acceptors (Lipinski definition) is 4.